The lowest BCUT2D eigenvalue weighted by Gasteiger charge is -2.21. The second-order valence-electron chi connectivity index (χ2n) is 10.4. The van der Waals surface area contributed by atoms with E-state index in [0.717, 1.165) is 49.7 Å². The molecule has 0 fully saturated rings. The first kappa shape index (κ1) is 29.3. The normalized spacial score (nSPS) is 11.3. The maximum atomic E-state index is 11.1. The van der Waals surface area contributed by atoms with Gasteiger partial charge in [-0.05, 0) is 85.8 Å². The van der Waals surface area contributed by atoms with Crippen molar-refractivity contribution in [2.45, 2.75) is 137 Å². The van der Waals surface area contributed by atoms with E-state index in [-0.39, 0.29) is 0 Å². The molecule has 0 amide bonds. The van der Waals surface area contributed by atoms with Gasteiger partial charge in [-0.25, -0.2) is 0 Å². The van der Waals surface area contributed by atoms with Gasteiger partial charge in [0.25, 0.3) is 0 Å². The van der Waals surface area contributed by atoms with Crippen molar-refractivity contribution in [1.82, 2.24) is 0 Å². The summed E-state index contributed by atoms with van der Waals surface area (Å²) in [6, 6.07) is 8.11. The van der Waals surface area contributed by atoms with Crippen LogP contribution in [0.4, 0.5) is 0 Å². The fourth-order valence-electron chi connectivity index (χ4n) is 5.36. The molecule has 0 aromatic heterocycles. The van der Waals surface area contributed by atoms with Crippen LogP contribution < -0.4 is 0 Å². The average Bonchev–Trinajstić information content (AvgIpc) is 2.85. The molecule has 35 heavy (non-hydrogen) atoms. The summed E-state index contributed by atoms with van der Waals surface area (Å²) in [7, 11) is 0. The lowest BCUT2D eigenvalue weighted by atomic mass is 9.85. The molecule has 0 saturated heterocycles. The lowest BCUT2D eigenvalue weighted by molar-refractivity contribution is 0.460. The van der Waals surface area contributed by atoms with Crippen LogP contribution in [-0.4, -0.2) is 10.2 Å². The van der Waals surface area contributed by atoms with Gasteiger partial charge in [0.2, 0.25) is 0 Å². The van der Waals surface area contributed by atoms with E-state index in [2.05, 4.69) is 39.8 Å². The van der Waals surface area contributed by atoms with Gasteiger partial charge in [0.05, 0.1) is 0 Å². The highest BCUT2D eigenvalue weighted by molar-refractivity contribution is 5.52. The van der Waals surface area contributed by atoms with Crippen LogP contribution in [0.25, 0.3) is 0 Å². The Bertz CT molecular complexity index is 796. The van der Waals surface area contributed by atoms with Crippen molar-refractivity contribution >= 4 is 0 Å². The van der Waals surface area contributed by atoms with Crippen molar-refractivity contribution in [2.24, 2.45) is 0 Å². The zero-order valence-electron chi connectivity index (χ0n) is 23.2. The maximum absolute atomic E-state index is 11.1. The SMILES string of the molecule is CCCCCc1ccc(O)c(Cc2c(O)ccc(CCCCC)c2CCCCC)c1CCCCC. The molecule has 0 spiro atoms. The molecule has 0 aliphatic carbocycles. The summed E-state index contributed by atoms with van der Waals surface area (Å²) in [4.78, 5) is 0. The van der Waals surface area contributed by atoms with Crippen LogP contribution in [0.2, 0.25) is 0 Å². The quantitative estimate of drug-likeness (QED) is 0.208. The highest BCUT2D eigenvalue weighted by Gasteiger charge is 2.19. The van der Waals surface area contributed by atoms with Crippen LogP contribution in [0.15, 0.2) is 24.3 Å². The number of aryl methyl sites for hydroxylation is 2. The van der Waals surface area contributed by atoms with Crippen LogP contribution in [0.3, 0.4) is 0 Å². The second kappa shape index (κ2) is 16.7. The van der Waals surface area contributed by atoms with Gasteiger partial charge in [-0.2, -0.15) is 0 Å². The molecule has 0 bridgehead atoms. The van der Waals surface area contributed by atoms with Crippen LogP contribution in [0.1, 0.15) is 138 Å². The highest BCUT2D eigenvalue weighted by Crippen LogP contribution is 2.35. The minimum absolute atomic E-state index is 0.394. The van der Waals surface area contributed by atoms with Crippen molar-refractivity contribution in [3.8, 4) is 11.5 Å². The van der Waals surface area contributed by atoms with Crippen LogP contribution in [0, 0.1) is 0 Å². The molecule has 0 aliphatic rings. The molecule has 0 unspecified atom stereocenters. The minimum Gasteiger partial charge on any atom is -0.508 e. The summed E-state index contributed by atoms with van der Waals surface area (Å²) in [5, 5.41) is 22.1. The summed E-state index contributed by atoms with van der Waals surface area (Å²) in [6.07, 6.45) is 19.3. The average molecular weight is 481 g/mol. The number of hydrogen-bond acceptors (Lipinski definition) is 2. The Balaban J connectivity index is 2.49. The fraction of sp³-hybridized carbons (Fsp3) is 0.636. The Hall–Kier alpha value is -1.96. The highest BCUT2D eigenvalue weighted by atomic mass is 16.3. The molecule has 0 atom stereocenters. The number of benzene rings is 2. The van der Waals surface area contributed by atoms with Gasteiger partial charge in [-0.15, -0.1) is 0 Å². The topological polar surface area (TPSA) is 40.5 Å². The van der Waals surface area contributed by atoms with Gasteiger partial charge in [-0.3, -0.25) is 0 Å². The van der Waals surface area contributed by atoms with Gasteiger partial charge < -0.3 is 10.2 Å². The molecular weight excluding hydrogens is 428 g/mol. The van der Waals surface area contributed by atoms with Crippen molar-refractivity contribution in [3.05, 3.63) is 57.6 Å². The number of hydrogen-bond donors (Lipinski definition) is 2. The predicted molar refractivity (Wildman–Crippen MR) is 152 cm³/mol. The minimum atomic E-state index is 0.394. The van der Waals surface area contributed by atoms with Crippen molar-refractivity contribution in [2.75, 3.05) is 0 Å². The molecule has 0 aliphatic heterocycles. The molecule has 2 rings (SSSR count). The van der Waals surface area contributed by atoms with E-state index in [4.69, 9.17) is 0 Å². The third kappa shape index (κ3) is 9.21. The summed E-state index contributed by atoms with van der Waals surface area (Å²) in [5.41, 5.74) is 7.57. The van der Waals surface area contributed by atoms with Crippen molar-refractivity contribution in [1.29, 1.82) is 0 Å². The van der Waals surface area contributed by atoms with E-state index in [1.165, 1.54) is 86.5 Å². The van der Waals surface area contributed by atoms with Gasteiger partial charge >= 0.3 is 0 Å². The van der Waals surface area contributed by atoms with Crippen molar-refractivity contribution in [3.63, 3.8) is 0 Å². The molecule has 196 valence electrons. The number of phenolic OH excluding ortho intramolecular Hbond substituents is 2. The Morgan fingerprint density at radius 3 is 1.11 bits per heavy atom. The molecular formula is C33H52O2. The molecule has 2 aromatic carbocycles. The molecule has 0 saturated carbocycles. The second-order valence-corrected chi connectivity index (χ2v) is 10.4. The van der Waals surface area contributed by atoms with Gasteiger partial charge in [0, 0.05) is 17.5 Å². The number of unbranched alkanes of at least 4 members (excludes halogenated alkanes) is 8. The first-order chi connectivity index (χ1) is 17.1. The van der Waals surface area contributed by atoms with E-state index in [1.807, 2.05) is 12.1 Å². The predicted octanol–water partition coefficient (Wildman–Crippen LogP) is 9.62. The van der Waals surface area contributed by atoms with Crippen molar-refractivity contribution < 1.29 is 10.2 Å². The third-order valence-corrected chi connectivity index (χ3v) is 7.52. The first-order valence-corrected chi connectivity index (χ1v) is 14.7. The van der Waals surface area contributed by atoms with Gasteiger partial charge in [0.15, 0.2) is 0 Å². The standard InChI is InChI=1S/C33H52O2/c1-5-9-13-17-26-21-23-32(34)30(28(26)19-15-11-7-3)25-31-29(20-16-12-8-4)27(18-14-10-6-2)22-24-33(31)35/h21-24,34-35H,5-20,25H2,1-4H3. The summed E-state index contributed by atoms with van der Waals surface area (Å²) >= 11 is 0. The number of phenols is 2. The summed E-state index contributed by atoms with van der Waals surface area (Å²) in [6.45, 7) is 8.99. The van der Waals surface area contributed by atoms with Gasteiger partial charge in [-0.1, -0.05) is 91.2 Å². The smallest absolute Gasteiger partial charge is 0.119 e. The Morgan fingerprint density at radius 1 is 0.429 bits per heavy atom. The number of aromatic hydroxyl groups is 2. The zero-order chi connectivity index (χ0) is 25.5. The molecule has 2 nitrogen and oxygen atoms in total. The van der Waals surface area contributed by atoms with Crippen LogP contribution in [0.5, 0.6) is 11.5 Å². The first-order valence-electron chi connectivity index (χ1n) is 14.7. The Kier molecular flexibility index (Phi) is 13.9. The summed E-state index contributed by atoms with van der Waals surface area (Å²) in [5.74, 6) is 0.789. The summed E-state index contributed by atoms with van der Waals surface area (Å²) < 4.78 is 0. The largest absolute Gasteiger partial charge is 0.508 e. The van der Waals surface area contributed by atoms with E-state index >= 15 is 0 Å². The zero-order valence-corrected chi connectivity index (χ0v) is 23.2. The molecule has 2 heteroatoms. The third-order valence-electron chi connectivity index (χ3n) is 7.52. The van der Waals surface area contributed by atoms with E-state index in [1.54, 1.807) is 0 Å². The van der Waals surface area contributed by atoms with E-state index in [0.29, 0.717) is 17.9 Å². The van der Waals surface area contributed by atoms with Crippen LogP contribution in [-0.2, 0) is 32.1 Å². The van der Waals surface area contributed by atoms with E-state index in [9.17, 15) is 10.2 Å². The van der Waals surface area contributed by atoms with Crippen LogP contribution >= 0.6 is 0 Å². The molecule has 0 heterocycles. The van der Waals surface area contributed by atoms with E-state index < -0.39 is 0 Å². The number of rotatable bonds is 18. The monoisotopic (exact) mass is 480 g/mol. The Labute approximate surface area is 216 Å². The Morgan fingerprint density at radius 2 is 0.771 bits per heavy atom. The molecule has 0 radical (unpaired) electrons. The lowest BCUT2D eigenvalue weighted by Crippen LogP contribution is -2.07. The maximum Gasteiger partial charge on any atom is 0.119 e. The fourth-order valence-corrected chi connectivity index (χ4v) is 5.36. The molecule has 2 aromatic rings. The molecule has 2 N–H and O–H groups in total. The van der Waals surface area contributed by atoms with Gasteiger partial charge in [0.1, 0.15) is 11.5 Å².